The fourth-order valence-corrected chi connectivity index (χ4v) is 0.831. The van der Waals surface area contributed by atoms with E-state index in [1.54, 1.807) is 0 Å². The Morgan fingerprint density at radius 1 is 1.12 bits per heavy atom. The third-order valence-corrected chi connectivity index (χ3v) is 1.60. The molecule has 0 saturated heterocycles. The molecule has 0 aliphatic carbocycles. The van der Waals surface area contributed by atoms with Crippen LogP contribution in [-0.2, 0) is 9.59 Å². The van der Waals surface area contributed by atoms with Crippen LogP contribution in [0.3, 0.4) is 0 Å². The lowest BCUT2D eigenvalue weighted by atomic mass is 10.2. The molecule has 5 N–H and O–H groups in total. The summed E-state index contributed by atoms with van der Waals surface area (Å²) in [6.45, 7) is 4.77. The van der Waals surface area contributed by atoms with Gasteiger partial charge in [-0.2, -0.15) is 0 Å². The largest absolute Gasteiger partial charge is 0.481 e. The van der Waals surface area contributed by atoms with Gasteiger partial charge in [0, 0.05) is 25.9 Å². The number of aliphatic carboxylic acids is 2. The topological polar surface area (TPSA) is 113 Å². The molecule has 0 radical (unpaired) electrons. The first kappa shape index (κ1) is 17.3. The maximum atomic E-state index is 9.90. The first-order valence-electron chi connectivity index (χ1n) is 5.39. The van der Waals surface area contributed by atoms with Crippen LogP contribution in [0.4, 0.5) is 0 Å². The Bertz CT molecular complexity index is 166. The molecule has 0 heterocycles. The molecule has 0 aliphatic rings. The van der Waals surface area contributed by atoms with E-state index in [4.69, 9.17) is 15.9 Å². The lowest BCUT2D eigenvalue weighted by Crippen LogP contribution is -2.21. The number of carbonyl (C=O) groups is 2. The van der Waals surface area contributed by atoms with Gasteiger partial charge in [0.05, 0.1) is 0 Å². The SMILES string of the molecule is CCNCCN.O=C(O)CCCCC(=O)O. The third-order valence-electron chi connectivity index (χ3n) is 1.60. The molecule has 0 saturated carbocycles. The summed E-state index contributed by atoms with van der Waals surface area (Å²) in [5.41, 5.74) is 5.15. The van der Waals surface area contributed by atoms with Gasteiger partial charge < -0.3 is 21.3 Å². The summed E-state index contributed by atoms with van der Waals surface area (Å²) in [6, 6.07) is 0. The molecule has 0 atom stereocenters. The van der Waals surface area contributed by atoms with E-state index >= 15 is 0 Å². The number of nitrogens with two attached hydrogens (primary N) is 1. The van der Waals surface area contributed by atoms with Crippen LogP contribution in [-0.4, -0.2) is 41.8 Å². The maximum absolute atomic E-state index is 9.90. The molecule has 6 nitrogen and oxygen atoms in total. The van der Waals surface area contributed by atoms with Crippen LogP contribution < -0.4 is 11.1 Å². The van der Waals surface area contributed by atoms with E-state index in [1.807, 2.05) is 0 Å². The monoisotopic (exact) mass is 234 g/mol. The molecule has 0 aromatic rings. The van der Waals surface area contributed by atoms with Crippen molar-refractivity contribution in [3.63, 3.8) is 0 Å². The Kier molecular flexibility index (Phi) is 15.0. The Labute approximate surface area is 95.8 Å². The van der Waals surface area contributed by atoms with E-state index in [-0.39, 0.29) is 12.8 Å². The van der Waals surface area contributed by atoms with Crippen LogP contribution in [0, 0.1) is 0 Å². The zero-order valence-electron chi connectivity index (χ0n) is 9.74. The number of carboxylic acids is 2. The van der Waals surface area contributed by atoms with Gasteiger partial charge >= 0.3 is 11.9 Å². The highest BCUT2D eigenvalue weighted by Crippen LogP contribution is 1.98. The highest BCUT2D eigenvalue weighted by Gasteiger charge is 1.99. The van der Waals surface area contributed by atoms with Crippen molar-refractivity contribution in [2.75, 3.05) is 19.6 Å². The molecule has 0 unspecified atom stereocenters. The lowest BCUT2D eigenvalue weighted by molar-refractivity contribution is -0.139. The van der Waals surface area contributed by atoms with Crippen LogP contribution in [0.5, 0.6) is 0 Å². The zero-order chi connectivity index (χ0) is 12.8. The average Bonchev–Trinajstić information content (AvgIpc) is 2.22. The molecular formula is C10H22N2O4. The standard InChI is InChI=1S/C6H10O4.C4H12N2/c7-5(8)3-1-2-4-6(9)10;1-2-6-4-3-5/h1-4H2,(H,7,8)(H,9,10);6H,2-5H2,1H3. The number of unbranched alkanes of at least 4 members (excludes halogenated alkanes) is 1. The van der Waals surface area contributed by atoms with Crippen molar-refractivity contribution in [2.45, 2.75) is 32.6 Å². The van der Waals surface area contributed by atoms with Crippen molar-refractivity contribution in [1.29, 1.82) is 0 Å². The minimum Gasteiger partial charge on any atom is -0.481 e. The fourth-order valence-electron chi connectivity index (χ4n) is 0.831. The quantitative estimate of drug-likeness (QED) is 0.448. The van der Waals surface area contributed by atoms with Gasteiger partial charge in [-0.05, 0) is 19.4 Å². The van der Waals surface area contributed by atoms with Crippen molar-refractivity contribution < 1.29 is 19.8 Å². The molecule has 0 spiro atoms. The third kappa shape index (κ3) is 23.0. The smallest absolute Gasteiger partial charge is 0.303 e. The van der Waals surface area contributed by atoms with E-state index in [0.717, 1.165) is 19.6 Å². The van der Waals surface area contributed by atoms with Crippen LogP contribution in [0.15, 0.2) is 0 Å². The Hall–Kier alpha value is -1.14. The minimum atomic E-state index is -0.870. The molecule has 6 heteroatoms. The van der Waals surface area contributed by atoms with Crippen LogP contribution in [0.2, 0.25) is 0 Å². The zero-order valence-corrected chi connectivity index (χ0v) is 9.74. The molecule has 0 aliphatic heterocycles. The first-order chi connectivity index (χ1) is 7.54. The lowest BCUT2D eigenvalue weighted by Gasteiger charge is -1.92. The number of carboxylic acid groups (broad SMARTS) is 2. The summed E-state index contributed by atoms with van der Waals surface area (Å²) in [7, 11) is 0. The van der Waals surface area contributed by atoms with E-state index in [9.17, 15) is 9.59 Å². The van der Waals surface area contributed by atoms with E-state index in [2.05, 4.69) is 12.2 Å². The van der Waals surface area contributed by atoms with Gasteiger partial charge in [-0.15, -0.1) is 0 Å². The van der Waals surface area contributed by atoms with Gasteiger partial charge in [-0.3, -0.25) is 9.59 Å². The van der Waals surface area contributed by atoms with Gasteiger partial charge in [0.15, 0.2) is 0 Å². The van der Waals surface area contributed by atoms with E-state index in [0.29, 0.717) is 12.8 Å². The number of likely N-dealkylation sites (N-methyl/N-ethyl adjacent to an activating group) is 1. The highest BCUT2D eigenvalue weighted by molar-refractivity contribution is 5.67. The minimum absolute atomic E-state index is 0.0628. The highest BCUT2D eigenvalue weighted by atomic mass is 16.4. The normalized spacial score (nSPS) is 9.12. The molecule has 0 fully saturated rings. The Balaban J connectivity index is 0. The second kappa shape index (κ2) is 13.9. The first-order valence-corrected chi connectivity index (χ1v) is 5.39. The summed E-state index contributed by atoms with van der Waals surface area (Å²) in [5, 5.41) is 19.3. The van der Waals surface area contributed by atoms with Gasteiger partial charge in [0.25, 0.3) is 0 Å². The van der Waals surface area contributed by atoms with Crippen LogP contribution >= 0.6 is 0 Å². The average molecular weight is 234 g/mol. The Morgan fingerprint density at radius 2 is 1.56 bits per heavy atom. The van der Waals surface area contributed by atoms with E-state index in [1.165, 1.54) is 0 Å². The van der Waals surface area contributed by atoms with Gasteiger partial charge in [-0.1, -0.05) is 6.92 Å². The second-order valence-corrected chi connectivity index (χ2v) is 3.14. The van der Waals surface area contributed by atoms with Crippen LogP contribution in [0.25, 0.3) is 0 Å². The number of nitrogens with one attached hydrogen (secondary N) is 1. The van der Waals surface area contributed by atoms with Crippen molar-refractivity contribution >= 4 is 11.9 Å². The molecule has 0 amide bonds. The second-order valence-electron chi connectivity index (χ2n) is 3.14. The molecule has 16 heavy (non-hydrogen) atoms. The van der Waals surface area contributed by atoms with Gasteiger partial charge in [-0.25, -0.2) is 0 Å². The number of hydrogen-bond acceptors (Lipinski definition) is 4. The van der Waals surface area contributed by atoms with Crippen molar-refractivity contribution in [3.05, 3.63) is 0 Å². The molecule has 96 valence electrons. The van der Waals surface area contributed by atoms with Crippen LogP contribution in [0.1, 0.15) is 32.6 Å². The fraction of sp³-hybridized carbons (Fsp3) is 0.800. The molecular weight excluding hydrogens is 212 g/mol. The number of rotatable bonds is 8. The molecule has 0 rings (SSSR count). The summed E-state index contributed by atoms with van der Waals surface area (Å²) in [6.07, 6.45) is 1.02. The van der Waals surface area contributed by atoms with E-state index < -0.39 is 11.9 Å². The predicted octanol–water partition coefficient (Wildman–Crippen LogP) is 0.271. The number of hydrogen-bond donors (Lipinski definition) is 4. The van der Waals surface area contributed by atoms with Crippen molar-refractivity contribution in [2.24, 2.45) is 5.73 Å². The van der Waals surface area contributed by atoms with Crippen molar-refractivity contribution in [1.82, 2.24) is 5.32 Å². The molecule has 0 bridgehead atoms. The predicted molar refractivity (Wildman–Crippen MR) is 61.3 cm³/mol. The summed E-state index contributed by atoms with van der Waals surface area (Å²) in [4.78, 5) is 19.8. The summed E-state index contributed by atoms with van der Waals surface area (Å²) < 4.78 is 0. The van der Waals surface area contributed by atoms with Gasteiger partial charge in [0.2, 0.25) is 0 Å². The summed E-state index contributed by atoms with van der Waals surface area (Å²) in [5.74, 6) is -1.74. The summed E-state index contributed by atoms with van der Waals surface area (Å²) >= 11 is 0. The van der Waals surface area contributed by atoms with Crippen molar-refractivity contribution in [3.8, 4) is 0 Å². The maximum Gasteiger partial charge on any atom is 0.303 e. The molecule has 0 aromatic heterocycles. The van der Waals surface area contributed by atoms with Gasteiger partial charge in [0.1, 0.15) is 0 Å². The Morgan fingerprint density at radius 3 is 1.75 bits per heavy atom. The molecule has 0 aromatic carbocycles.